The van der Waals surface area contributed by atoms with Crippen molar-refractivity contribution in [2.75, 3.05) is 23.7 Å². The number of benzene rings is 1. The smallest absolute Gasteiger partial charge is 0.350 e. The van der Waals surface area contributed by atoms with Gasteiger partial charge >= 0.3 is 6.18 Å². The molecule has 182 valence electrons. The van der Waals surface area contributed by atoms with E-state index in [1.807, 2.05) is 20.8 Å². The number of halogens is 3. The van der Waals surface area contributed by atoms with Gasteiger partial charge in [-0.05, 0) is 83.2 Å². The molecule has 2 aliphatic rings. The Labute approximate surface area is 196 Å². The molecule has 1 aliphatic carbocycles. The van der Waals surface area contributed by atoms with Gasteiger partial charge in [0.1, 0.15) is 5.52 Å². The monoisotopic (exact) mass is 473 g/mol. The summed E-state index contributed by atoms with van der Waals surface area (Å²) < 4.78 is 41.9. The number of hydrogen-bond acceptors (Lipinski definition) is 6. The van der Waals surface area contributed by atoms with Crippen molar-refractivity contribution in [2.24, 2.45) is 11.8 Å². The summed E-state index contributed by atoms with van der Waals surface area (Å²) in [6, 6.07) is 5.35. The Morgan fingerprint density at radius 1 is 1.06 bits per heavy atom. The lowest BCUT2D eigenvalue weighted by Gasteiger charge is -2.32. The third-order valence-electron chi connectivity index (χ3n) is 6.66. The third-order valence-corrected chi connectivity index (χ3v) is 6.66. The van der Waals surface area contributed by atoms with E-state index in [2.05, 4.69) is 25.5 Å². The maximum atomic E-state index is 13.3. The maximum Gasteiger partial charge on any atom is 0.416 e. The molecule has 7 nitrogen and oxygen atoms in total. The Morgan fingerprint density at radius 2 is 1.85 bits per heavy atom. The maximum absolute atomic E-state index is 13.3. The fourth-order valence-corrected chi connectivity index (χ4v) is 5.13. The Hall–Kier alpha value is -2.88. The molecule has 0 bridgehead atoms. The first kappa shape index (κ1) is 22.9. The highest BCUT2D eigenvalue weighted by Gasteiger charge is 2.36. The second-order valence-electron chi connectivity index (χ2n) is 10.4. The summed E-state index contributed by atoms with van der Waals surface area (Å²) in [6.45, 7) is 8.15. The van der Waals surface area contributed by atoms with Gasteiger partial charge in [0.25, 0.3) is 0 Å². The quantitative estimate of drug-likeness (QED) is 0.474. The number of anilines is 3. The number of imidazole rings is 1. The van der Waals surface area contributed by atoms with Gasteiger partial charge in [-0.3, -0.25) is 4.57 Å². The Balaban J connectivity index is 1.56. The fourth-order valence-electron chi connectivity index (χ4n) is 5.13. The predicted octanol–water partition coefficient (Wildman–Crippen LogP) is 5.36. The van der Waals surface area contributed by atoms with E-state index in [1.54, 1.807) is 12.3 Å². The van der Waals surface area contributed by atoms with Crippen LogP contribution < -0.4 is 16.0 Å². The molecule has 3 heterocycles. The largest absolute Gasteiger partial charge is 0.416 e. The lowest BCUT2D eigenvalue weighted by Crippen LogP contribution is -2.28. The predicted molar refractivity (Wildman–Crippen MR) is 126 cm³/mol. The number of nitrogens with one attached hydrogen (secondary N) is 3. The third kappa shape index (κ3) is 4.68. The first-order valence-corrected chi connectivity index (χ1v) is 11.7. The van der Waals surface area contributed by atoms with E-state index in [-0.39, 0.29) is 11.6 Å². The zero-order valence-corrected chi connectivity index (χ0v) is 19.6. The summed E-state index contributed by atoms with van der Waals surface area (Å²) in [5, 5.41) is 9.95. The molecular weight excluding hydrogens is 443 g/mol. The molecule has 5 rings (SSSR count). The number of rotatable bonds is 4. The lowest BCUT2D eigenvalue weighted by atomic mass is 9.79. The molecular formula is C24H30F3N7. The molecule has 1 saturated carbocycles. The van der Waals surface area contributed by atoms with Crippen LogP contribution in [0, 0.1) is 11.8 Å². The van der Waals surface area contributed by atoms with E-state index in [0.717, 1.165) is 44.5 Å². The molecule has 1 aromatic carbocycles. The van der Waals surface area contributed by atoms with E-state index < -0.39 is 11.7 Å². The zero-order chi connectivity index (χ0) is 24.1. The highest BCUT2D eigenvalue weighted by molar-refractivity contribution is 5.76. The van der Waals surface area contributed by atoms with Crippen molar-refractivity contribution in [1.82, 2.24) is 24.8 Å². The molecule has 0 radical (unpaired) electrons. The molecule has 10 heteroatoms. The van der Waals surface area contributed by atoms with Crippen LogP contribution in [0.3, 0.4) is 0 Å². The van der Waals surface area contributed by atoms with Crippen LogP contribution in [0.15, 0.2) is 30.5 Å². The molecule has 0 spiro atoms. The summed E-state index contributed by atoms with van der Waals surface area (Å²) >= 11 is 0. The van der Waals surface area contributed by atoms with Crippen molar-refractivity contribution in [3.8, 4) is 0 Å². The number of aromatic nitrogens is 4. The fraction of sp³-hybridized carbons (Fsp3) is 0.542. The van der Waals surface area contributed by atoms with E-state index in [4.69, 9.17) is 9.97 Å². The second kappa shape index (κ2) is 8.41. The van der Waals surface area contributed by atoms with Gasteiger partial charge in [-0.15, -0.1) is 0 Å². The van der Waals surface area contributed by atoms with Gasteiger partial charge in [0.05, 0.1) is 11.8 Å². The van der Waals surface area contributed by atoms with Gasteiger partial charge in [0, 0.05) is 17.3 Å². The standard InChI is InChI=1S/C24H30F3N7/c1-23(2,3)33-21-29-13-19-20(32-21)34(18-8-7-14-11-28-12-15(14)9-18)22(31-19)30-17-6-4-5-16(10-17)24(25,26)27/h4-6,10,13-15,18,28H,7-9,11-12H2,1-3H3,(H,30,31)(H,29,32,33). The first-order chi connectivity index (χ1) is 16.1. The Morgan fingerprint density at radius 3 is 2.62 bits per heavy atom. The van der Waals surface area contributed by atoms with Crippen LogP contribution in [0.4, 0.5) is 30.8 Å². The van der Waals surface area contributed by atoms with Gasteiger partial charge in [0.15, 0.2) is 5.65 Å². The highest BCUT2D eigenvalue weighted by Crippen LogP contribution is 2.41. The highest BCUT2D eigenvalue weighted by atomic mass is 19.4. The topological polar surface area (TPSA) is 79.7 Å². The van der Waals surface area contributed by atoms with Gasteiger partial charge in [-0.2, -0.15) is 18.2 Å². The SMILES string of the molecule is CC(C)(C)Nc1ncc2nc(Nc3cccc(C(F)(F)F)c3)n(C3CCC4CNCC4C3)c2n1. The number of nitrogens with zero attached hydrogens (tertiary/aromatic N) is 4. The molecule has 3 unspecified atom stereocenters. The Bertz CT molecular complexity index is 1180. The summed E-state index contributed by atoms with van der Waals surface area (Å²) in [5.41, 5.74) is 0.717. The molecule has 2 aromatic heterocycles. The van der Waals surface area contributed by atoms with Crippen LogP contribution in [0.5, 0.6) is 0 Å². The molecule has 1 saturated heterocycles. The van der Waals surface area contributed by atoms with E-state index >= 15 is 0 Å². The number of alkyl halides is 3. The number of hydrogen-bond donors (Lipinski definition) is 3. The molecule has 1 aliphatic heterocycles. The van der Waals surface area contributed by atoms with Gasteiger partial charge in [-0.1, -0.05) is 6.07 Å². The van der Waals surface area contributed by atoms with Crippen LogP contribution in [0.1, 0.15) is 51.6 Å². The summed E-state index contributed by atoms with van der Waals surface area (Å²) in [5.74, 6) is 2.25. The molecule has 3 aromatic rings. The van der Waals surface area contributed by atoms with Gasteiger partial charge in [-0.25, -0.2) is 9.97 Å². The van der Waals surface area contributed by atoms with Gasteiger partial charge < -0.3 is 16.0 Å². The van der Waals surface area contributed by atoms with Crippen LogP contribution in [-0.2, 0) is 6.18 Å². The van der Waals surface area contributed by atoms with Crippen LogP contribution in [0.2, 0.25) is 0 Å². The minimum atomic E-state index is -4.41. The summed E-state index contributed by atoms with van der Waals surface area (Å²) in [6.07, 6.45) is 0.310. The molecule has 34 heavy (non-hydrogen) atoms. The second-order valence-corrected chi connectivity index (χ2v) is 10.4. The van der Waals surface area contributed by atoms with Crippen LogP contribution in [0.25, 0.3) is 11.2 Å². The molecule has 2 fully saturated rings. The lowest BCUT2D eigenvalue weighted by molar-refractivity contribution is -0.137. The average molecular weight is 474 g/mol. The van der Waals surface area contributed by atoms with Crippen molar-refractivity contribution < 1.29 is 13.2 Å². The average Bonchev–Trinajstić information content (AvgIpc) is 3.35. The summed E-state index contributed by atoms with van der Waals surface area (Å²) in [7, 11) is 0. The van der Waals surface area contributed by atoms with E-state index in [1.165, 1.54) is 6.07 Å². The molecule has 3 atom stereocenters. The minimum Gasteiger partial charge on any atom is -0.350 e. The van der Waals surface area contributed by atoms with Crippen molar-refractivity contribution in [3.63, 3.8) is 0 Å². The van der Waals surface area contributed by atoms with Crippen molar-refractivity contribution in [1.29, 1.82) is 0 Å². The van der Waals surface area contributed by atoms with E-state index in [9.17, 15) is 13.2 Å². The normalized spacial score (nSPS) is 23.2. The van der Waals surface area contributed by atoms with Crippen LogP contribution in [-0.4, -0.2) is 38.1 Å². The first-order valence-electron chi connectivity index (χ1n) is 11.7. The molecule has 0 amide bonds. The zero-order valence-electron chi connectivity index (χ0n) is 19.6. The number of fused-ring (bicyclic) bond motifs is 2. The van der Waals surface area contributed by atoms with Crippen molar-refractivity contribution >= 4 is 28.7 Å². The Kier molecular flexibility index (Phi) is 5.66. The minimum absolute atomic E-state index is 0.150. The van der Waals surface area contributed by atoms with Crippen LogP contribution >= 0.6 is 0 Å². The van der Waals surface area contributed by atoms with Gasteiger partial charge in [0.2, 0.25) is 11.9 Å². The summed E-state index contributed by atoms with van der Waals surface area (Å²) in [4.78, 5) is 13.9. The van der Waals surface area contributed by atoms with Crippen molar-refractivity contribution in [2.45, 2.75) is 57.8 Å². The molecule has 3 N–H and O–H groups in total. The van der Waals surface area contributed by atoms with Crippen molar-refractivity contribution in [3.05, 3.63) is 36.0 Å². The van der Waals surface area contributed by atoms with E-state index in [0.29, 0.717) is 40.6 Å².